The molecule has 2 atom stereocenters. The molecular weight excluding hydrogens is 324 g/mol. The van der Waals surface area contributed by atoms with Gasteiger partial charge in [-0.1, -0.05) is 6.92 Å². The van der Waals surface area contributed by atoms with Crippen molar-refractivity contribution in [1.82, 2.24) is 15.2 Å². The summed E-state index contributed by atoms with van der Waals surface area (Å²) >= 11 is 1.52. The number of rotatable bonds is 6. The fourth-order valence-corrected chi connectivity index (χ4v) is 4.14. The number of hydrogen-bond donors (Lipinski definition) is 2. The van der Waals surface area contributed by atoms with Gasteiger partial charge in [-0.2, -0.15) is 0 Å². The van der Waals surface area contributed by atoms with Gasteiger partial charge in [0.15, 0.2) is 5.13 Å². The van der Waals surface area contributed by atoms with Crippen molar-refractivity contribution in [1.29, 1.82) is 0 Å². The summed E-state index contributed by atoms with van der Waals surface area (Å²) in [6, 6.07) is 0. The van der Waals surface area contributed by atoms with Crippen LogP contribution in [0.3, 0.4) is 0 Å². The minimum absolute atomic E-state index is 0.0837. The van der Waals surface area contributed by atoms with Crippen LogP contribution in [0.15, 0.2) is 5.38 Å². The quantitative estimate of drug-likeness (QED) is 0.819. The van der Waals surface area contributed by atoms with Gasteiger partial charge < -0.3 is 15.4 Å². The third-order valence-corrected chi connectivity index (χ3v) is 5.74. The van der Waals surface area contributed by atoms with E-state index in [0.717, 1.165) is 56.8 Å². The van der Waals surface area contributed by atoms with Crippen LogP contribution in [0.5, 0.6) is 0 Å². The Morgan fingerprint density at radius 1 is 1.54 bits per heavy atom. The SMILES string of the molecule is CC(CC(=O)Nc1nc(CN2CCOCC2)cs1)C1CCCNC1. The van der Waals surface area contributed by atoms with Gasteiger partial charge in [0.2, 0.25) is 5.91 Å². The van der Waals surface area contributed by atoms with Crippen molar-refractivity contribution in [3.63, 3.8) is 0 Å². The van der Waals surface area contributed by atoms with Gasteiger partial charge in [-0.3, -0.25) is 9.69 Å². The van der Waals surface area contributed by atoms with Crippen molar-refractivity contribution in [2.75, 3.05) is 44.7 Å². The number of morpholine rings is 1. The molecule has 0 saturated carbocycles. The van der Waals surface area contributed by atoms with Crippen LogP contribution < -0.4 is 10.6 Å². The van der Waals surface area contributed by atoms with Crippen LogP contribution in [0.4, 0.5) is 5.13 Å². The molecule has 7 heteroatoms. The Hall–Kier alpha value is -1.02. The second-order valence-electron chi connectivity index (χ2n) is 6.87. The van der Waals surface area contributed by atoms with E-state index in [0.29, 0.717) is 18.3 Å². The average Bonchev–Trinajstić information content (AvgIpc) is 3.03. The first-order chi connectivity index (χ1) is 11.7. The van der Waals surface area contributed by atoms with E-state index in [9.17, 15) is 4.79 Å². The van der Waals surface area contributed by atoms with E-state index < -0.39 is 0 Å². The molecule has 0 bridgehead atoms. The van der Waals surface area contributed by atoms with Crippen LogP contribution in [0, 0.1) is 11.8 Å². The number of aromatic nitrogens is 1. The highest BCUT2D eigenvalue weighted by molar-refractivity contribution is 7.13. The van der Waals surface area contributed by atoms with Gasteiger partial charge in [0, 0.05) is 31.4 Å². The summed E-state index contributed by atoms with van der Waals surface area (Å²) < 4.78 is 5.36. The highest BCUT2D eigenvalue weighted by Crippen LogP contribution is 2.24. The first-order valence-corrected chi connectivity index (χ1v) is 9.84. The summed E-state index contributed by atoms with van der Waals surface area (Å²) in [6.07, 6.45) is 3.02. The molecule has 6 nitrogen and oxygen atoms in total. The lowest BCUT2D eigenvalue weighted by Crippen LogP contribution is -2.35. The Morgan fingerprint density at radius 3 is 3.12 bits per heavy atom. The fraction of sp³-hybridized carbons (Fsp3) is 0.765. The predicted molar refractivity (Wildman–Crippen MR) is 96.2 cm³/mol. The number of nitrogens with zero attached hydrogens (tertiary/aromatic N) is 2. The predicted octanol–water partition coefficient (Wildman–Crippen LogP) is 1.94. The Kier molecular flexibility index (Phi) is 6.59. The molecule has 0 radical (unpaired) electrons. The zero-order chi connectivity index (χ0) is 16.8. The number of nitrogens with one attached hydrogen (secondary N) is 2. The van der Waals surface area contributed by atoms with Crippen molar-refractivity contribution >= 4 is 22.4 Å². The first-order valence-electron chi connectivity index (χ1n) is 8.96. The van der Waals surface area contributed by atoms with Crippen molar-refractivity contribution in [3.8, 4) is 0 Å². The molecule has 1 aromatic heterocycles. The molecule has 1 aromatic rings. The molecule has 2 aliphatic rings. The number of thiazole rings is 1. The number of ether oxygens (including phenoxy) is 1. The molecule has 134 valence electrons. The van der Waals surface area contributed by atoms with Crippen molar-refractivity contribution < 1.29 is 9.53 Å². The van der Waals surface area contributed by atoms with E-state index in [1.165, 1.54) is 24.2 Å². The van der Waals surface area contributed by atoms with Crippen molar-refractivity contribution in [2.24, 2.45) is 11.8 Å². The molecule has 1 amide bonds. The molecule has 0 aromatic carbocycles. The standard InChI is InChI=1S/C17H28N4O2S/c1-13(14-3-2-4-18-10-14)9-16(22)20-17-19-15(12-24-17)11-21-5-7-23-8-6-21/h12-14,18H,2-11H2,1H3,(H,19,20,22). The zero-order valence-electron chi connectivity index (χ0n) is 14.4. The minimum Gasteiger partial charge on any atom is -0.379 e. The highest BCUT2D eigenvalue weighted by atomic mass is 32.1. The number of amides is 1. The smallest absolute Gasteiger partial charge is 0.226 e. The molecule has 2 unspecified atom stereocenters. The molecule has 2 aliphatic heterocycles. The van der Waals surface area contributed by atoms with Gasteiger partial charge in [-0.25, -0.2) is 4.98 Å². The number of carbonyl (C=O) groups is 1. The Balaban J connectivity index is 1.44. The van der Waals surface area contributed by atoms with E-state index in [-0.39, 0.29) is 5.91 Å². The molecule has 0 spiro atoms. The van der Waals surface area contributed by atoms with Crippen molar-refractivity contribution in [3.05, 3.63) is 11.1 Å². The number of anilines is 1. The monoisotopic (exact) mass is 352 g/mol. The van der Waals surface area contributed by atoms with Gasteiger partial charge >= 0.3 is 0 Å². The molecule has 2 N–H and O–H groups in total. The lowest BCUT2D eigenvalue weighted by Gasteiger charge is -2.27. The molecular formula is C17H28N4O2S. The van der Waals surface area contributed by atoms with Crippen LogP contribution >= 0.6 is 11.3 Å². The van der Waals surface area contributed by atoms with Crippen LogP contribution in [-0.4, -0.2) is 55.2 Å². The zero-order valence-corrected chi connectivity index (χ0v) is 15.2. The third-order valence-electron chi connectivity index (χ3n) is 4.93. The maximum absolute atomic E-state index is 12.3. The maximum atomic E-state index is 12.3. The lowest BCUT2D eigenvalue weighted by atomic mass is 9.85. The number of piperidine rings is 1. The third kappa shape index (κ3) is 5.24. The second-order valence-corrected chi connectivity index (χ2v) is 7.73. The normalized spacial score (nSPS) is 23.8. The Bertz CT molecular complexity index is 524. The van der Waals surface area contributed by atoms with E-state index in [2.05, 4.69) is 27.4 Å². The van der Waals surface area contributed by atoms with Gasteiger partial charge in [0.25, 0.3) is 0 Å². The van der Waals surface area contributed by atoms with E-state index in [1.807, 2.05) is 5.38 Å². The number of hydrogen-bond acceptors (Lipinski definition) is 6. The summed E-state index contributed by atoms with van der Waals surface area (Å²) in [4.78, 5) is 19.2. The van der Waals surface area contributed by atoms with Crippen LogP contribution in [-0.2, 0) is 16.1 Å². The lowest BCUT2D eigenvalue weighted by molar-refractivity contribution is -0.117. The van der Waals surface area contributed by atoms with E-state index in [1.54, 1.807) is 0 Å². The average molecular weight is 353 g/mol. The summed E-state index contributed by atoms with van der Waals surface area (Å²) in [5.74, 6) is 1.10. The molecule has 2 fully saturated rings. The summed E-state index contributed by atoms with van der Waals surface area (Å²) in [5.41, 5.74) is 1.03. The molecule has 0 aliphatic carbocycles. The first kappa shape index (κ1) is 17.8. The van der Waals surface area contributed by atoms with Gasteiger partial charge in [-0.05, 0) is 37.8 Å². The van der Waals surface area contributed by atoms with Crippen LogP contribution in [0.2, 0.25) is 0 Å². The topological polar surface area (TPSA) is 66.5 Å². The van der Waals surface area contributed by atoms with Gasteiger partial charge in [0.1, 0.15) is 0 Å². The van der Waals surface area contributed by atoms with Gasteiger partial charge in [-0.15, -0.1) is 11.3 Å². The van der Waals surface area contributed by atoms with Crippen LogP contribution in [0.1, 0.15) is 31.9 Å². The fourth-order valence-electron chi connectivity index (χ4n) is 3.42. The van der Waals surface area contributed by atoms with Crippen molar-refractivity contribution in [2.45, 2.75) is 32.7 Å². The van der Waals surface area contributed by atoms with E-state index >= 15 is 0 Å². The summed E-state index contributed by atoms with van der Waals surface area (Å²) in [6.45, 7) is 8.65. The maximum Gasteiger partial charge on any atom is 0.226 e. The number of carbonyl (C=O) groups excluding carboxylic acids is 1. The second kappa shape index (κ2) is 8.89. The highest BCUT2D eigenvalue weighted by Gasteiger charge is 2.22. The van der Waals surface area contributed by atoms with E-state index in [4.69, 9.17) is 4.74 Å². The molecule has 3 rings (SSSR count). The Morgan fingerprint density at radius 2 is 2.38 bits per heavy atom. The molecule has 2 saturated heterocycles. The van der Waals surface area contributed by atoms with Gasteiger partial charge in [0.05, 0.1) is 18.9 Å². The largest absolute Gasteiger partial charge is 0.379 e. The Labute approximate surface area is 148 Å². The summed E-state index contributed by atoms with van der Waals surface area (Å²) in [5, 5.41) is 9.16. The minimum atomic E-state index is 0.0837. The van der Waals surface area contributed by atoms with Crippen LogP contribution in [0.25, 0.3) is 0 Å². The molecule has 3 heterocycles. The summed E-state index contributed by atoms with van der Waals surface area (Å²) in [7, 11) is 0. The molecule has 24 heavy (non-hydrogen) atoms.